The lowest BCUT2D eigenvalue weighted by molar-refractivity contribution is 1.27. The average Bonchev–Trinajstić information content (AvgIpc) is 2.65. The third-order valence-corrected chi connectivity index (χ3v) is 2.06. The van der Waals surface area contributed by atoms with E-state index in [1.165, 1.54) is 11.1 Å². The van der Waals surface area contributed by atoms with E-state index in [4.69, 9.17) is 0 Å². The largest absolute Gasteiger partial charge is 0.261 e. The summed E-state index contributed by atoms with van der Waals surface area (Å²) in [6, 6.07) is 0. The molecule has 60 valence electrons. The molecule has 0 amide bonds. The van der Waals surface area contributed by atoms with Crippen molar-refractivity contribution in [3.63, 3.8) is 0 Å². The smallest absolute Gasteiger partial charge is 0.0624 e. The molecular formula is C11H11N. The molecule has 0 N–H and O–H groups in total. The van der Waals surface area contributed by atoms with Crippen molar-refractivity contribution in [2.45, 2.75) is 13.3 Å². The predicted octanol–water partition coefficient (Wildman–Crippen LogP) is 2.79. The highest BCUT2D eigenvalue weighted by Gasteiger charge is 2.03. The van der Waals surface area contributed by atoms with E-state index in [1.54, 1.807) is 0 Å². The maximum atomic E-state index is 4.29. The number of allylic oxidation sites excluding steroid dienone is 7. The molecular weight excluding hydrogens is 146 g/mol. The summed E-state index contributed by atoms with van der Waals surface area (Å²) in [6.07, 6.45) is 13.4. The van der Waals surface area contributed by atoms with Gasteiger partial charge >= 0.3 is 0 Å². The molecule has 0 aromatic carbocycles. The van der Waals surface area contributed by atoms with Crippen LogP contribution in [0.5, 0.6) is 0 Å². The fourth-order valence-corrected chi connectivity index (χ4v) is 1.30. The van der Waals surface area contributed by atoms with Crippen molar-refractivity contribution in [1.82, 2.24) is 0 Å². The van der Waals surface area contributed by atoms with E-state index >= 15 is 0 Å². The van der Waals surface area contributed by atoms with Gasteiger partial charge in [0.2, 0.25) is 0 Å². The lowest BCUT2D eigenvalue weighted by Crippen LogP contribution is -1.75. The molecule has 2 aliphatic rings. The molecule has 0 atom stereocenters. The zero-order valence-corrected chi connectivity index (χ0v) is 7.12. The van der Waals surface area contributed by atoms with Crippen LogP contribution in [-0.2, 0) is 0 Å². The summed E-state index contributed by atoms with van der Waals surface area (Å²) >= 11 is 0. The first-order chi connectivity index (χ1) is 5.86. The highest BCUT2D eigenvalue weighted by Crippen LogP contribution is 2.19. The van der Waals surface area contributed by atoms with Gasteiger partial charge in [-0.15, -0.1) is 0 Å². The van der Waals surface area contributed by atoms with E-state index in [0.29, 0.717) is 0 Å². The zero-order chi connectivity index (χ0) is 8.39. The van der Waals surface area contributed by atoms with Crippen LogP contribution in [0.25, 0.3) is 0 Å². The van der Waals surface area contributed by atoms with Gasteiger partial charge in [0.25, 0.3) is 0 Å². The van der Waals surface area contributed by atoms with E-state index in [2.05, 4.69) is 30.1 Å². The van der Waals surface area contributed by atoms with Gasteiger partial charge in [-0.2, -0.15) is 0 Å². The molecule has 12 heavy (non-hydrogen) atoms. The van der Waals surface area contributed by atoms with Crippen LogP contribution in [0.3, 0.4) is 0 Å². The summed E-state index contributed by atoms with van der Waals surface area (Å²) in [5.74, 6) is 0. The van der Waals surface area contributed by atoms with Crippen LogP contribution in [0.15, 0.2) is 52.2 Å². The Morgan fingerprint density at radius 1 is 1.33 bits per heavy atom. The Bertz CT molecular complexity index is 324. The fraction of sp³-hybridized carbons (Fsp3) is 0.182. The van der Waals surface area contributed by atoms with E-state index in [0.717, 1.165) is 12.1 Å². The number of hydrogen-bond acceptors (Lipinski definition) is 1. The molecule has 0 radical (unpaired) electrons. The Morgan fingerprint density at radius 3 is 2.67 bits per heavy atom. The van der Waals surface area contributed by atoms with Crippen LogP contribution >= 0.6 is 0 Å². The number of nitrogens with zero attached hydrogens (tertiary/aromatic N) is 1. The van der Waals surface area contributed by atoms with Gasteiger partial charge in [0, 0.05) is 12.6 Å². The van der Waals surface area contributed by atoms with Crippen molar-refractivity contribution in [3.05, 3.63) is 47.2 Å². The van der Waals surface area contributed by atoms with Gasteiger partial charge < -0.3 is 0 Å². The number of hydrogen-bond donors (Lipinski definition) is 0. The highest BCUT2D eigenvalue weighted by atomic mass is 14.7. The summed E-state index contributed by atoms with van der Waals surface area (Å²) in [5.41, 5.74) is 3.72. The van der Waals surface area contributed by atoms with Crippen LogP contribution < -0.4 is 0 Å². The van der Waals surface area contributed by atoms with Gasteiger partial charge in [-0.05, 0) is 24.1 Å². The maximum Gasteiger partial charge on any atom is 0.0624 e. The van der Waals surface area contributed by atoms with Crippen LogP contribution in [-0.4, -0.2) is 6.21 Å². The normalized spacial score (nSPS) is 19.9. The summed E-state index contributed by atoms with van der Waals surface area (Å²) < 4.78 is 0. The van der Waals surface area contributed by atoms with E-state index < -0.39 is 0 Å². The van der Waals surface area contributed by atoms with Crippen LogP contribution in [0.2, 0.25) is 0 Å². The third kappa shape index (κ3) is 1.30. The Morgan fingerprint density at radius 2 is 2.08 bits per heavy atom. The van der Waals surface area contributed by atoms with Gasteiger partial charge in [0.15, 0.2) is 0 Å². The van der Waals surface area contributed by atoms with Gasteiger partial charge in [-0.3, -0.25) is 4.99 Å². The maximum absolute atomic E-state index is 4.29. The van der Waals surface area contributed by atoms with E-state index in [-0.39, 0.29) is 0 Å². The summed E-state index contributed by atoms with van der Waals surface area (Å²) in [6.45, 7) is 2.13. The van der Waals surface area contributed by atoms with Crippen molar-refractivity contribution in [3.8, 4) is 0 Å². The first-order valence-corrected chi connectivity index (χ1v) is 4.15. The topological polar surface area (TPSA) is 12.4 Å². The Labute approximate surface area is 72.5 Å². The molecule has 1 heterocycles. The minimum atomic E-state index is 1.01. The molecule has 0 aromatic heterocycles. The van der Waals surface area contributed by atoms with Crippen LogP contribution in [0.1, 0.15) is 13.3 Å². The Balaban J connectivity index is 2.27. The van der Waals surface area contributed by atoms with Crippen molar-refractivity contribution >= 4 is 6.21 Å². The van der Waals surface area contributed by atoms with Gasteiger partial charge in [-0.25, -0.2) is 0 Å². The molecule has 0 unspecified atom stereocenters. The van der Waals surface area contributed by atoms with Crippen LogP contribution in [0, 0.1) is 0 Å². The molecule has 0 spiro atoms. The van der Waals surface area contributed by atoms with Crippen molar-refractivity contribution in [2.75, 3.05) is 0 Å². The molecule has 2 rings (SSSR count). The molecule has 0 saturated carbocycles. The second-order valence-corrected chi connectivity index (χ2v) is 3.04. The monoisotopic (exact) mass is 157 g/mol. The second kappa shape index (κ2) is 2.94. The van der Waals surface area contributed by atoms with Crippen molar-refractivity contribution in [2.24, 2.45) is 4.99 Å². The first kappa shape index (κ1) is 7.29. The molecule has 0 saturated heterocycles. The fourth-order valence-electron chi connectivity index (χ4n) is 1.30. The summed E-state index contributed by atoms with van der Waals surface area (Å²) in [7, 11) is 0. The van der Waals surface area contributed by atoms with E-state index in [1.807, 2.05) is 18.4 Å². The standard InChI is InChI=1S/C11H11N/c1-9-6-7-12-11(9)8-10-4-2-3-5-10/h2-5,7-8H,6H2,1H3. The average molecular weight is 157 g/mol. The van der Waals surface area contributed by atoms with Gasteiger partial charge in [-0.1, -0.05) is 24.3 Å². The third-order valence-electron chi connectivity index (χ3n) is 2.06. The summed E-state index contributed by atoms with van der Waals surface area (Å²) in [4.78, 5) is 4.29. The van der Waals surface area contributed by atoms with E-state index in [9.17, 15) is 0 Å². The number of aliphatic imine (C=N–C) groups is 1. The van der Waals surface area contributed by atoms with Crippen LogP contribution in [0.4, 0.5) is 0 Å². The predicted molar refractivity (Wildman–Crippen MR) is 52.2 cm³/mol. The zero-order valence-electron chi connectivity index (χ0n) is 7.12. The minimum Gasteiger partial charge on any atom is -0.261 e. The SMILES string of the molecule is CC1=C(C=C2C=CC=C2)N=CC1. The lowest BCUT2D eigenvalue weighted by Gasteiger charge is -1.93. The van der Waals surface area contributed by atoms with Gasteiger partial charge in [0.1, 0.15) is 0 Å². The first-order valence-electron chi connectivity index (χ1n) is 4.15. The molecule has 0 aromatic rings. The van der Waals surface area contributed by atoms with Crippen molar-refractivity contribution < 1.29 is 0 Å². The Kier molecular flexibility index (Phi) is 1.78. The molecule has 1 nitrogen and oxygen atoms in total. The lowest BCUT2D eigenvalue weighted by atomic mass is 10.1. The molecule has 1 heteroatoms. The molecule has 0 fully saturated rings. The van der Waals surface area contributed by atoms with Crippen molar-refractivity contribution in [1.29, 1.82) is 0 Å². The van der Waals surface area contributed by atoms with Gasteiger partial charge in [0.05, 0.1) is 5.70 Å². The molecule has 1 aliphatic carbocycles. The highest BCUT2D eigenvalue weighted by molar-refractivity contribution is 5.68. The summed E-state index contributed by atoms with van der Waals surface area (Å²) in [5, 5.41) is 0. The molecule has 0 bridgehead atoms. The quantitative estimate of drug-likeness (QED) is 0.555. The second-order valence-electron chi connectivity index (χ2n) is 3.04. The Hall–Kier alpha value is -1.37. The molecule has 1 aliphatic heterocycles. The minimum absolute atomic E-state index is 1.01. The number of rotatable bonds is 1.